The highest BCUT2D eigenvalue weighted by Crippen LogP contribution is 2.01. The molecule has 0 fully saturated rings. The van der Waals surface area contributed by atoms with Crippen molar-refractivity contribution in [2.75, 3.05) is 12.4 Å². The highest BCUT2D eigenvalue weighted by atomic mass is 35.5. The number of nitrogens with one attached hydrogen (secondary N) is 1. The maximum atomic E-state index is 10.8. The molecule has 0 spiro atoms. The van der Waals surface area contributed by atoms with Gasteiger partial charge in [0, 0.05) is 6.54 Å². The SMILES string of the molecule is O=C(CCl)NCC/C=C\c1ccccc1. The van der Waals surface area contributed by atoms with Crippen LogP contribution in [0.1, 0.15) is 12.0 Å². The summed E-state index contributed by atoms with van der Waals surface area (Å²) in [6.45, 7) is 0.634. The van der Waals surface area contributed by atoms with Gasteiger partial charge in [-0.05, 0) is 12.0 Å². The molecule has 0 radical (unpaired) electrons. The number of carbonyl (C=O) groups excluding carboxylic acids is 1. The van der Waals surface area contributed by atoms with Crippen LogP contribution < -0.4 is 5.32 Å². The van der Waals surface area contributed by atoms with E-state index in [0.717, 1.165) is 6.42 Å². The van der Waals surface area contributed by atoms with Crippen molar-refractivity contribution in [3.63, 3.8) is 0 Å². The molecular weight excluding hydrogens is 210 g/mol. The summed E-state index contributed by atoms with van der Waals surface area (Å²) in [5, 5.41) is 2.70. The van der Waals surface area contributed by atoms with E-state index in [4.69, 9.17) is 11.6 Å². The third kappa shape index (κ3) is 5.23. The zero-order valence-corrected chi connectivity index (χ0v) is 9.20. The van der Waals surface area contributed by atoms with Gasteiger partial charge in [0.1, 0.15) is 5.88 Å². The van der Waals surface area contributed by atoms with Crippen LogP contribution in [-0.4, -0.2) is 18.3 Å². The van der Waals surface area contributed by atoms with E-state index in [-0.39, 0.29) is 11.8 Å². The average molecular weight is 224 g/mol. The van der Waals surface area contributed by atoms with E-state index in [1.807, 2.05) is 42.5 Å². The topological polar surface area (TPSA) is 29.1 Å². The lowest BCUT2D eigenvalue weighted by Gasteiger charge is -1.98. The quantitative estimate of drug-likeness (QED) is 0.603. The highest BCUT2D eigenvalue weighted by molar-refractivity contribution is 6.27. The van der Waals surface area contributed by atoms with Gasteiger partial charge in [-0.25, -0.2) is 0 Å². The van der Waals surface area contributed by atoms with E-state index < -0.39 is 0 Å². The van der Waals surface area contributed by atoms with Crippen molar-refractivity contribution in [1.82, 2.24) is 5.32 Å². The zero-order valence-electron chi connectivity index (χ0n) is 8.45. The molecule has 0 aromatic heterocycles. The monoisotopic (exact) mass is 223 g/mol. The minimum Gasteiger partial charge on any atom is -0.355 e. The highest BCUT2D eigenvalue weighted by Gasteiger charge is 1.93. The molecule has 1 rings (SSSR count). The summed E-state index contributed by atoms with van der Waals surface area (Å²) in [6, 6.07) is 10.0. The third-order valence-corrected chi connectivity index (χ3v) is 2.11. The third-order valence-electron chi connectivity index (χ3n) is 1.86. The van der Waals surface area contributed by atoms with E-state index in [9.17, 15) is 4.79 Å². The Bertz CT molecular complexity index is 322. The van der Waals surface area contributed by atoms with Gasteiger partial charge in [0.25, 0.3) is 0 Å². The predicted octanol–water partition coefficient (Wildman–Crippen LogP) is 2.44. The van der Waals surface area contributed by atoms with Crippen molar-refractivity contribution in [3.8, 4) is 0 Å². The molecule has 1 N–H and O–H groups in total. The van der Waals surface area contributed by atoms with E-state index in [2.05, 4.69) is 5.32 Å². The van der Waals surface area contributed by atoms with E-state index in [0.29, 0.717) is 6.54 Å². The van der Waals surface area contributed by atoms with Crippen LogP contribution >= 0.6 is 11.6 Å². The van der Waals surface area contributed by atoms with Gasteiger partial charge < -0.3 is 5.32 Å². The number of halogens is 1. The molecule has 15 heavy (non-hydrogen) atoms. The summed E-state index contributed by atoms with van der Waals surface area (Å²) >= 11 is 5.33. The van der Waals surface area contributed by atoms with Crippen LogP contribution in [0.4, 0.5) is 0 Å². The molecular formula is C12H14ClNO. The van der Waals surface area contributed by atoms with Crippen LogP contribution in [0.5, 0.6) is 0 Å². The fourth-order valence-electron chi connectivity index (χ4n) is 1.13. The minimum absolute atomic E-state index is 0.0302. The molecule has 2 nitrogen and oxygen atoms in total. The van der Waals surface area contributed by atoms with Crippen molar-refractivity contribution >= 4 is 23.6 Å². The fourth-order valence-corrected chi connectivity index (χ4v) is 1.22. The Morgan fingerprint density at radius 3 is 2.73 bits per heavy atom. The first-order chi connectivity index (χ1) is 7.33. The number of benzene rings is 1. The molecule has 0 saturated heterocycles. The number of hydrogen-bond donors (Lipinski definition) is 1. The Kier molecular flexibility index (Phi) is 5.56. The van der Waals surface area contributed by atoms with Crippen LogP contribution in [0.2, 0.25) is 0 Å². The lowest BCUT2D eigenvalue weighted by Crippen LogP contribution is -2.24. The fraction of sp³-hybridized carbons (Fsp3) is 0.250. The Balaban J connectivity index is 2.20. The van der Waals surface area contributed by atoms with Gasteiger partial charge in [-0.3, -0.25) is 4.79 Å². The van der Waals surface area contributed by atoms with Gasteiger partial charge in [-0.15, -0.1) is 11.6 Å². The normalized spacial score (nSPS) is 10.5. The molecule has 0 bridgehead atoms. The van der Waals surface area contributed by atoms with Crippen molar-refractivity contribution in [1.29, 1.82) is 0 Å². The molecule has 0 aliphatic rings. The van der Waals surface area contributed by atoms with Gasteiger partial charge in [0.2, 0.25) is 5.91 Å². The number of hydrogen-bond acceptors (Lipinski definition) is 1. The van der Waals surface area contributed by atoms with Crippen molar-refractivity contribution in [3.05, 3.63) is 42.0 Å². The van der Waals surface area contributed by atoms with Crippen molar-refractivity contribution in [2.24, 2.45) is 0 Å². The molecule has 0 aliphatic heterocycles. The van der Waals surface area contributed by atoms with E-state index in [1.54, 1.807) is 0 Å². The molecule has 1 aromatic rings. The van der Waals surface area contributed by atoms with Crippen LogP contribution in [0.15, 0.2) is 36.4 Å². The molecule has 0 aliphatic carbocycles. The number of amides is 1. The standard InChI is InChI=1S/C12H14ClNO/c13-10-12(15)14-9-5-4-8-11-6-2-1-3-7-11/h1-4,6-8H,5,9-10H2,(H,14,15)/b8-4-. The van der Waals surface area contributed by atoms with Crippen LogP contribution in [0.25, 0.3) is 6.08 Å². The van der Waals surface area contributed by atoms with Crippen LogP contribution in [-0.2, 0) is 4.79 Å². The van der Waals surface area contributed by atoms with Gasteiger partial charge in [-0.1, -0.05) is 42.5 Å². The predicted molar refractivity (Wildman–Crippen MR) is 63.8 cm³/mol. The van der Waals surface area contributed by atoms with Gasteiger partial charge >= 0.3 is 0 Å². The second-order valence-electron chi connectivity index (χ2n) is 3.09. The molecule has 0 saturated carbocycles. The summed E-state index contributed by atoms with van der Waals surface area (Å²) in [4.78, 5) is 10.8. The van der Waals surface area contributed by atoms with Crippen LogP contribution in [0, 0.1) is 0 Å². The summed E-state index contributed by atoms with van der Waals surface area (Å²) in [5.41, 5.74) is 1.17. The molecule has 1 amide bonds. The number of rotatable bonds is 5. The van der Waals surface area contributed by atoms with E-state index >= 15 is 0 Å². The maximum absolute atomic E-state index is 10.8. The minimum atomic E-state index is -0.121. The summed E-state index contributed by atoms with van der Waals surface area (Å²) in [5.74, 6) is -0.0904. The number of carbonyl (C=O) groups is 1. The lowest BCUT2D eigenvalue weighted by atomic mass is 10.2. The Hall–Kier alpha value is -1.28. The molecule has 3 heteroatoms. The Labute approximate surface area is 94.9 Å². The van der Waals surface area contributed by atoms with Crippen molar-refractivity contribution < 1.29 is 4.79 Å². The van der Waals surface area contributed by atoms with Crippen LogP contribution in [0.3, 0.4) is 0 Å². The van der Waals surface area contributed by atoms with Crippen molar-refractivity contribution in [2.45, 2.75) is 6.42 Å². The average Bonchev–Trinajstić information content (AvgIpc) is 2.29. The van der Waals surface area contributed by atoms with Gasteiger partial charge in [0.05, 0.1) is 0 Å². The Morgan fingerprint density at radius 2 is 2.07 bits per heavy atom. The van der Waals surface area contributed by atoms with E-state index in [1.165, 1.54) is 5.56 Å². The van der Waals surface area contributed by atoms with Gasteiger partial charge in [0.15, 0.2) is 0 Å². The largest absolute Gasteiger partial charge is 0.355 e. The first-order valence-corrected chi connectivity index (χ1v) is 5.40. The smallest absolute Gasteiger partial charge is 0.234 e. The summed E-state index contributed by atoms with van der Waals surface area (Å²) in [7, 11) is 0. The maximum Gasteiger partial charge on any atom is 0.234 e. The molecule has 0 atom stereocenters. The second-order valence-corrected chi connectivity index (χ2v) is 3.35. The van der Waals surface area contributed by atoms with Gasteiger partial charge in [-0.2, -0.15) is 0 Å². The Morgan fingerprint density at radius 1 is 1.33 bits per heavy atom. The molecule has 0 unspecified atom stereocenters. The number of alkyl halides is 1. The summed E-state index contributed by atoms with van der Waals surface area (Å²) < 4.78 is 0. The second kappa shape index (κ2) is 7.07. The first kappa shape index (κ1) is 11.8. The lowest BCUT2D eigenvalue weighted by molar-refractivity contribution is -0.118. The molecule has 80 valence electrons. The zero-order chi connectivity index (χ0) is 10.9. The molecule has 0 heterocycles. The molecule has 1 aromatic carbocycles. The first-order valence-electron chi connectivity index (χ1n) is 4.87. The summed E-state index contributed by atoms with van der Waals surface area (Å²) in [6.07, 6.45) is 4.88.